The lowest BCUT2D eigenvalue weighted by Gasteiger charge is -2.34. The van der Waals surface area contributed by atoms with Crippen molar-refractivity contribution < 1.29 is 9.53 Å². The Hall–Kier alpha value is -1.04. The molecule has 0 radical (unpaired) electrons. The molecule has 0 spiro atoms. The monoisotopic (exact) mass is 308 g/mol. The number of nitrogens with one attached hydrogen (secondary N) is 1. The summed E-state index contributed by atoms with van der Waals surface area (Å²) in [4.78, 5) is 15.0. The summed E-state index contributed by atoms with van der Waals surface area (Å²) in [5.41, 5.74) is 1.06. The van der Waals surface area contributed by atoms with Crippen molar-refractivity contribution in [3.63, 3.8) is 0 Å². The Bertz CT molecular complexity index is 435. The number of carbonyl (C=O) groups excluding carboxylic acids is 1. The van der Waals surface area contributed by atoms with Gasteiger partial charge < -0.3 is 10.1 Å². The lowest BCUT2D eigenvalue weighted by Crippen LogP contribution is -2.47. The molecule has 2 rings (SSSR count). The summed E-state index contributed by atoms with van der Waals surface area (Å²) in [5, 5.41) is 3.06. The van der Waals surface area contributed by atoms with E-state index in [4.69, 9.17) is 4.74 Å². The van der Waals surface area contributed by atoms with Crippen LogP contribution in [0.2, 0.25) is 0 Å². The number of ether oxygens (including phenoxy) is 1. The highest BCUT2D eigenvalue weighted by Gasteiger charge is 2.29. The molecule has 21 heavy (non-hydrogen) atoms. The summed E-state index contributed by atoms with van der Waals surface area (Å²) in [6, 6.07) is 9.86. The first-order chi connectivity index (χ1) is 10.2. The number of hydrogen-bond acceptors (Lipinski definition) is 4. The Morgan fingerprint density at radius 3 is 2.62 bits per heavy atom. The second kappa shape index (κ2) is 8.41. The first-order valence-corrected chi connectivity index (χ1v) is 8.54. The number of carbonyl (C=O) groups is 1. The lowest BCUT2D eigenvalue weighted by atomic mass is 10.0. The molecule has 5 heteroatoms. The van der Waals surface area contributed by atoms with Gasteiger partial charge in [0, 0.05) is 37.7 Å². The van der Waals surface area contributed by atoms with Crippen LogP contribution in [0.25, 0.3) is 0 Å². The van der Waals surface area contributed by atoms with E-state index in [9.17, 15) is 4.79 Å². The molecule has 116 valence electrons. The summed E-state index contributed by atoms with van der Waals surface area (Å²) in [5.74, 6) is 2.24. The fraction of sp³-hybridized carbons (Fsp3) is 0.562. The summed E-state index contributed by atoms with van der Waals surface area (Å²) in [6.07, 6.45) is 0. The highest BCUT2D eigenvalue weighted by Crippen LogP contribution is 2.24. The molecule has 1 fully saturated rings. The van der Waals surface area contributed by atoms with Gasteiger partial charge in [0.05, 0.1) is 6.61 Å². The predicted molar refractivity (Wildman–Crippen MR) is 87.6 cm³/mol. The maximum atomic E-state index is 12.7. The van der Waals surface area contributed by atoms with Gasteiger partial charge in [0.1, 0.15) is 6.04 Å². The molecule has 4 nitrogen and oxygen atoms in total. The van der Waals surface area contributed by atoms with E-state index in [1.165, 1.54) is 0 Å². The molecule has 1 heterocycles. The molecule has 2 atom stereocenters. The molecule has 1 saturated heterocycles. The molecule has 1 aliphatic rings. The fourth-order valence-electron chi connectivity index (χ4n) is 2.61. The third kappa shape index (κ3) is 4.73. The number of methoxy groups -OCH3 is 1. The van der Waals surface area contributed by atoms with E-state index >= 15 is 0 Å². The highest BCUT2D eigenvalue weighted by atomic mass is 32.2. The Balaban J connectivity index is 2.13. The number of amides is 1. The van der Waals surface area contributed by atoms with Crippen LogP contribution in [0.3, 0.4) is 0 Å². The van der Waals surface area contributed by atoms with Crippen molar-refractivity contribution >= 4 is 17.7 Å². The van der Waals surface area contributed by atoms with E-state index < -0.39 is 0 Å². The largest absolute Gasteiger partial charge is 0.383 e. The number of thioether (sulfide) groups is 1. The van der Waals surface area contributed by atoms with Gasteiger partial charge in [-0.15, -0.1) is 0 Å². The quantitative estimate of drug-likeness (QED) is 0.872. The molecule has 1 N–H and O–H groups in total. The van der Waals surface area contributed by atoms with Gasteiger partial charge in [-0.25, -0.2) is 0 Å². The number of nitrogens with zero attached hydrogens (tertiary/aromatic N) is 1. The second-order valence-corrected chi connectivity index (χ2v) is 6.55. The highest BCUT2D eigenvalue weighted by molar-refractivity contribution is 7.99. The van der Waals surface area contributed by atoms with Gasteiger partial charge in [-0.1, -0.05) is 30.3 Å². The minimum absolute atomic E-state index is 0.0212. The maximum absolute atomic E-state index is 12.7. The smallest absolute Gasteiger partial charge is 0.242 e. The molecular formula is C16H24N2O2S. The van der Waals surface area contributed by atoms with Crippen LogP contribution >= 0.6 is 11.8 Å². The fourth-order valence-corrected chi connectivity index (χ4v) is 3.54. The Morgan fingerprint density at radius 2 is 2.00 bits per heavy atom. The van der Waals surface area contributed by atoms with Crippen LogP contribution in [0.15, 0.2) is 30.3 Å². The van der Waals surface area contributed by atoms with Crippen molar-refractivity contribution in [2.45, 2.75) is 19.0 Å². The molecule has 0 aliphatic carbocycles. The average Bonchev–Trinajstić information content (AvgIpc) is 2.50. The molecule has 1 aromatic rings. The Kier molecular flexibility index (Phi) is 6.54. The predicted octanol–water partition coefficient (Wildman–Crippen LogP) is 1.93. The van der Waals surface area contributed by atoms with Crippen LogP contribution in [0, 0.1) is 0 Å². The van der Waals surface area contributed by atoms with Crippen molar-refractivity contribution in [3.8, 4) is 0 Å². The van der Waals surface area contributed by atoms with Crippen molar-refractivity contribution in [2.75, 3.05) is 38.3 Å². The summed E-state index contributed by atoms with van der Waals surface area (Å²) in [6.45, 7) is 4.41. The first-order valence-electron chi connectivity index (χ1n) is 7.38. The maximum Gasteiger partial charge on any atom is 0.242 e. The molecule has 1 aromatic carbocycles. The molecule has 1 amide bonds. The van der Waals surface area contributed by atoms with E-state index in [-0.39, 0.29) is 18.0 Å². The van der Waals surface area contributed by atoms with E-state index in [0.717, 1.165) is 30.2 Å². The Labute approximate surface area is 131 Å². The van der Waals surface area contributed by atoms with E-state index in [2.05, 4.69) is 10.2 Å². The first kappa shape index (κ1) is 16.3. The van der Waals surface area contributed by atoms with Gasteiger partial charge in [0.2, 0.25) is 5.91 Å². The molecule has 0 aromatic heterocycles. The van der Waals surface area contributed by atoms with Gasteiger partial charge in [-0.05, 0) is 12.5 Å². The van der Waals surface area contributed by atoms with Crippen molar-refractivity contribution in [1.29, 1.82) is 0 Å². The van der Waals surface area contributed by atoms with Crippen LogP contribution in [-0.4, -0.2) is 55.2 Å². The van der Waals surface area contributed by atoms with Gasteiger partial charge in [0.25, 0.3) is 0 Å². The number of benzene rings is 1. The third-order valence-electron chi connectivity index (χ3n) is 3.58. The standard InChI is InChI=1S/C16H24N2O2S/c1-13(12-20-2)17-16(19)15(14-6-4-3-5-7-14)18-8-10-21-11-9-18/h3-7,13,15H,8-12H2,1-2H3,(H,17,19)/t13-,15-/m0/s1. The summed E-state index contributed by atoms with van der Waals surface area (Å²) in [7, 11) is 1.65. The number of hydrogen-bond donors (Lipinski definition) is 1. The van der Waals surface area contributed by atoms with Crippen molar-refractivity contribution in [1.82, 2.24) is 10.2 Å². The summed E-state index contributed by atoms with van der Waals surface area (Å²) < 4.78 is 5.10. The lowest BCUT2D eigenvalue weighted by molar-refractivity contribution is -0.127. The SMILES string of the molecule is COC[C@H](C)NC(=O)[C@H](c1ccccc1)N1CCSCC1. The Morgan fingerprint density at radius 1 is 1.33 bits per heavy atom. The zero-order valence-electron chi connectivity index (χ0n) is 12.7. The van der Waals surface area contributed by atoms with Crippen LogP contribution in [-0.2, 0) is 9.53 Å². The van der Waals surface area contributed by atoms with Gasteiger partial charge in [-0.3, -0.25) is 9.69 Å². The summed E-state index contributed by atoms with van der Waals surface area (Å²) >= 11 is 1.95. The van der Waals surface area contributed by atoms with E-state index in [1.807, 2.05) is 49.0 Å². The zero-order chi connectivity index (χ0) is 15.1. The third-order valence-corrected chi connectivity index (χ3v) is 4.52. The van der Waals surface area contributed by atoms with Gasteiger partial charge in [0.15, 0.2) is 0 Å². The minimum Gasteiger partial charge on any atom is -0.383 e. The molecular weight excluding hydrogens is 284 g/mol. The van der Waals surface area contributed by atoms with E-state index in [0.29, 0.717) is 6.61 Å². The topological polar surface area (TPSA) is 41.6 Å². The minimum atomic E-state index is -0.202. The molecule has 1 aliphatic heterocycles. The number of rotatable bonds is 6. The van der Waals surface area contributed by atoms with Crippen molar-refractivity contribution in [2.24, 2.45) is 0 Å². The zero-order valence-corrected chi connectivity index (χ0v) is 13.6. The van der Waals surface area contributed by atoms with Gasteiger partial charge >= 0.3 is 0 Å². The van der Waals surface area contributed by atoms with Crippen LogP contribution in [0.5, 0.6) is 0 Å². The normalized spacial score (nSPS) is 19.0. The van der Waals surface area contributed by atoms with Crippen LogP contribution in [0.4, 0.5) is 0 Å². The molecule has 0 bridgehead atoms. The average molecular weight is 308 g/mol. The molecule has 0 saturated carbocycles. The van der Waals surface area contributed by atoms with Crippen LogP contribution < -0.4 is 5.32 Å². The van der Waals surface area contributed by atoms with Crippen molar-refractivity contribution in [3.05, 3.63) is 35.9 Å². The second-order valence-electron chi connectivity index (χ2n) is 5.33. The van der Waals surface area contributed by atoms with Crippen LogP contribution in [0.1, 0.15) is 18.5 Å². The van der Waals surface area contributed by atoms with Gasteiger partial charge in [-0.2, -0.15) is 11.8 Å². The molecule has 0 unspecified atom stereocenters. The van der Waals surface area contributed by atoms with E-state index in [1.54, 1.807) is 7.11 Å².